The van der Waals surface area contributed by atoms with Gasteiger partial charge in [-0.2, -0.15) is 15.8 Å². The number of fused-ring (bicyclic) bond motifs is 2. The molecule has 0 radical (unpaired) electrons. The molecule has 146 valence electrons. The molecule has 1 fully saturated rings. The number of quaternary nitrogens is 1. The van der Waals surface area contributed by atoms with Gasteiger partial charge in [-0.25, -0.2) is 0 Å². The van der Waals surface area contributed by atoms with Crippen LogP contribution in [-0.4, -0.2) is 32.1 Å². The minimum atomic E-state index is -1.69. The van der Waals surface area contributed by atoms with Crippen molar-refractivity contribution < 1.29 is 14.4 Å². The summed E-state index contributed by atoms with van der Waals surface area (Å²) in [5.41, 5.74) is -0.160. The zero-order chi connectivity index (χ0) is 20.6. The number of rotatable bonds is 3. The van der Waals surface area contributed by atoms with Crippen molar-refractivity contribution in [3.8, 4) is 29.7 Å². The van der Waals surface area contributed by atoms with E-state index in [4.69, 9.17) is 14.9 Å². The number of ether oxygens (including phenoxy) is 2. The van der Waals surface area contributed by atoms with Crippen molar-refractivity contribution in [2.75, 3.05) is 26.4 Å². The van der Waals surface area contributed by atoms with Crippen LogP contribution in [0, 0.1) is 56.7 Å². The third-order valence-electron chi connectivity index (χ3n) is 6.32. The van der Waals surface area contributed by atoms with Gasteiger partial charge in [-0.15, -0.1) is 0 Å². The second-order valence-electron chi connectivity index (χ2n) is 7.82. The summed E-state index contributed by atoms with van der Waals surface area (Å²) in [7, 11) is 0. The van der Waals surface area contributed by atoms with E-state index in [1.807, 2.05) is 12.1 Å². The highest BCUT2D eigenvalue weighted by molar-refractivity contribution is 6.00. The van der Waals surface area contributed by atoms with Gasteiger partial charge in [-0.1, -0.05) is 13.0 Å². The summed E-state index contributed by atoms with van der Waals surface area (Å²) >= 11 is 0. The summed E-state index contributed by atoms with van der Waals surface area (Å²) in [5, 5.41) is 38.7. The van der Waals surface area contributed by atoms with Crippen LogP contribution in [0.2, 0.25) is 0 Å². The topological polar surface area (TPSA) is 118 Å². The highest BCUT2D eigenvalue weighted by Crippen LogP contribution is 2.53. The summed E-state index contributed by atoms with van der Waals surface area (Å²) < 4.78 is 10.9. The van der Waals surface area contributed by atoms with Crippen molar-refractivity contribution in [3.63, 3.8) is 0 Å². The molecule has 0 spiro atoms. The molecule has 0 bridgehead atoms. The van der Waals surface area contributed by atoms with E-state index in [2.05, 4.69) is 31.2 Å². The number of nitrogens with zero attached hydrogens (tertiary/aromatic N) is 3. The summed E-state index contributed by atoms with van der Waals surface area (Å²) in [5.74, 6) is -0.314. The molecule has 1 aliphatic carbocycles. The van der Waals surface area contributed by atoms with Crippen molar-refractivity contribution in [1.82, 2.24) is 0 Å². The first-order chi connectivity index (χ1) is 14.1. The minimum absolute atomic E-state index is 0.117. The Kier molecular flexibility index (Phi) is 4.74. The Morgan fingerprint density at radius 1 is 1.21 bits per heavy atom. The van der Waals surface area contributed by atoms with Crippen LogP contribution < -0.4 is 14.4 Å². The van der Waals surface area contributed by atoms with Gasteiger partial charge in [0.1, 0.15) is 5.92 Å². The van der Waals surface area contributed by atoms with Gasteiger partial charge in [0.05, 0.1) is 43.6 Å². The lowest BCUT2D eigenvalue weighted by atomic mass is 9.54. The molecule has 0 amide bonds. The molecule has 29 heavy (non-hydrogen) atoms. The third-order valence-corrected chi connectivity index (χ3v) is 6.32. The van der Waals surface area contributed by atoms with Crippen LogP contribution in [0.25, 0.3) is 0 Å². The van der Waals surface area contributed by atoms with Crippen molar-refractivity contribution in [3.05, 3.63) is 35.4 Å². The molecule has 4 rings (SSSR count). The standard InChI is InChI=1S/C22H21N5O2/c1-2-6-27-7-5-15-16(9-23)21(26)22(11-24,12-25)20(17(15)10-27)14-3-4-18-19(8-14)29-13-28-18/h3-5,8,16-17,20,26H,2,6-7,10,13H2,1H3/p+1/t16?,17-,20+/m0/s1. The summed E-state index contributed by atoms with van der Waals surface area (Å²) in [6, 6.07) is 11.9. The Bertz CT molecular complexity index is 995. The number of nitriles is 3. The molecule has 2 aliphatic heterocycles. The summed E-state index contributed by atoms with van der Waals surface area (Å²) in [4.78, 5) is 1.36. The lowest BCUT2D eigenvalue weighted by Gasteiger charge is -2.46. The molecule has 2 heterocycles. The molecule has 7 nitrogen and oxygen atoms in total. The van der Waals surface area contributed by atoms with E-state index < -0.39 is 17.3 Å². The first-order valence-electron chi connectivity index (χ1n) is 9.83. The van der Waals surface area contributed by atoms with Gasteiger partial charge in [-0.05, 0) is 35.8 Å². The fourth-order valence-electron chi connectivity index (χ4n) is 5.00. The molecule has 2 unspecified atom stereocenters. The number of hydrogen-bond donors (Lipinski definition) is 2. The molecule has 3 aliphatic rings. The van der Waals surface area contributed by atoms with Gasteiger partial charge in [0.2, 0.25) is 6.79 Å². The zero-order valence-electron chi connectivity index (χ0n) is 16.2. The normalized spacial score (nSPS) is 29.0. The van der Waals surface area contributed by atoms with Gasteiger partial charge < -0.3 is 19.8 Å². The highest BCUT2D eigenvalue weighted by Gasteiger charge is 2.58. The molecule has 1 aromatic carbocycles. The number of hydrogen-bond acceptors (Lipinski definition) is 6. The fourth-order valence-corrected chi connectivity index (χ4v) is 5.00. The second kappa shape index (κ2) is 7.24. The van der Waals surface area contributed by atoms with Gasteiger partial charge in [0, 0.05) is 11.8 Å². The molecule has 1 aromatic rings. The molecular weight excluding hydrogens is 366 g/mol. The predicted molar refractivity (Wildman–Crippen MR) is 103 cm³/mol. The predicted octanol–water partition coefficient (Wildman–Crippen LogP) is 1.56. The SMILES string of the molecule is CCC[NH+]1CC=C2C(C#N)C(=N)C(C#N)(C#N)[C@H](c3ccc4c(c3)OCO4)[C@H]2C1. The first kappa shape index (κ1) is 19.0. The highest BCUT2D eigenvalue weighted by atomic mass is 16.7. The molecule has 7 heteroatoms. The van der Waals surface area contributed by atoms with E-state index in [-0.39, 0.29) is 18.4 Å². The van der Waals surface area contributed by atoms with E-state index in [1.54, 1.807) is 6.07 Å². The van der Waals surface area contributed by atoms with Crippen molar-refractivity contribution >= 4 is 5.71 Å². The van der Waals surface area contributed by atoms with Crippen molar-refractivity contribution in [2.24, 2.45) is 17.3 Å². The number of benzene rings is 1. The fraction of sp³-hybridized carbons (Fsp3) is 0.455. The monoisotopic (exact) mass is 388 g/mol. The Morgan fingerprint density at radius 3 is 2.66 bits per heavy atom. The van der Waals surface area contributed by atoms with Crippen LogP contribution in [0.4, 0.5) is 0 Å². The van der Waals surface area contributed by atoms with E-state index >= 15 is 0 Å². The van der Waals surface area contributed by atoms with Crippen LogP contribution in [0.15, 0.2) is 29.8 Å². The smallest absolute Gasteiger partial charge is 0.231 e. The van der Waals surface area contributed by atoms with E-state index in [9.17, 15) is 15.8 Å². The Hall–Kier alpha value is -3.34. The van der Waals surface area contributed by atoms with Crippen molar-refractivity contribution in [2.45, 2.75) is 19.3 Å². The molecule has 0 saturated heterocycles. The van der Waals surface area contributed by atoms with Gasteiger partial charge in [-0.3, -0.25) is 0 Å². The van der Waals surface area contributed by atoms with Gasteiger partial charge in [0.15, 0.2) is 16.9 Å². The first-order valence-corrected chi connectivity index (χ1v) is 9.83. The molecule has 2 N–H and O–H groups in total. The quantitative estimate of drug-likeness (QED) is 0.762. The Balaban J connectivity index is 1.89. The van der Waals surface area contributed by atoms with E-state index in [0.717, 1.165) is 37.2 Å². The van der Waals surface area contributed by atoms with Crippen LogP contribution in [0.5, 0.6) is 11.5 Å². The van der Waals surface area contributed by atoms with Gasteiger partial charge in [0.25, 0.3) is 0 Å². The average molecular weight is 388 g/mol. The lowest BCUT2D eigenvalue weighted by Crippen LogP contribution is -3.13. The Morgan fingerprint density at radius 2 is 1.97 bits per heavy atom. The maximum absolute atomic E-state index is 10.1. The van der Waals surface area contributed by atoms with Crippen LogP contribution >= 0.6 is 0 Å². The van der Waals surface area contributed by atoms with Crippen LogP contribution in [-0.2, 0) is 0 Å². The maximum Gasteiger partial charge on any atom is 0.231 e. The maximum atomic E-state index is 10.1. The lowest BCUT2D eigenvalue weighted by molar-refractivity contribution is -0.899. The van der Waals surface area contributed by atoms with Crippen molar-refractivity contribution in [1.29, 1.82) is 21.2 Å². The van der Waals surface area contributed by atoms with E-state index in [1.165, 1.54) is 4.90 Å². The van der Waals surface area contributed by atoms with E-state index in [0.29, 0.717) is 11.5 Å². The third kappa shape index (κ3) is 2.77. The molecule has 4 atom stereocenters. The number of nitrogens with one attached hydrogen (secondary N) is 2. The van der Waals surface area contributed by atoms with Crippen LogP contribution in [0.3, 0.4) is 0 Å². The van der Waals surface area contributed by atoms with Crippen LogP contribution in [0.1, 0.15) is 24.8 Å². The minimum Gasteiger partial charge on any atom is -0.454 e. The zero-order valence-corrected chi connectivity index (χ0v) is 16.2. The molecular formula is C22H22N5O2+. The summed E-state index contributed by atoms with van der Waals surface area (Å²) in [6.07, 6.45) is 3.08. The average Bonchev–Trinajstić information content (AvgIpc) is 3.21. The summed E-state index contributed by atoms with van der Waals surface area (Å²) in [6.45, 7) is 4.78. The Labute approximate surface area is 169 Å². The molecule has 1 saturated carbocycles. The van der Waals surface area contributed by atoms with Gasteiger partial charge >= 0.3 is 0 Å². The largest absolute Gasteiger partial charge is 0.454 e. The second-order valence-corrected chi connectivity index (χ2v) is 7.82. The molecule has 0 aromatic heterocycles.